The fraction of sp³-hybridized carbons (Fsp3) is 0.500. The lowest BCUT2D eigenvalue weighted by Gasteiger charge is -2.23. The van der Waals surface area contributed by atoms with Gasteiger partial charge >= 0.3 is 0 Å². The molecule has 3 N–H and O–H groups in total. The van der Waals surface area contributed by atoms with E-state index in [4.69, 9.17) is 10.5 Å². The van der Waals surface area contributed by atoms with Gasteiger partial charge in [0.25, 0.3) is 0 Å². The highest BCUT2D eigenvalue weighted by atomic mass is 32.2. The summed E-state index contributed by atoms with van der Waals surface area (Å²) in [5, 5.41) is 0. The molecule has 1 unspecified atom stereocenters. The van der Waals surface area contributed by atoms with Crippen LogP contribution < -0.4 is 10.5 Å². The summed E-state index contributed by atoms with van der Waals surface area (Å²) in [6, 6.07) is 4.70. The summed E-state index contributed by atoms with van der Waals surface area (Å²) in [6.07, 6.45) is 0. The van der Waals surface area contributed by atoms with E-state index < -0.39 is 10.0 Å². The number of ether oxygens (including phenoxy) is 1. The number of amides is 1. The van der Waals surface area contributed by atoms with Gasteiger partial charge in [0.15, 0.2) is 0 Å². The first-order valence-corrected chi connectivity index (χ1v) is 8.48. The Morgan fingerprint density at radius 3 is 2.77 bits per heavy atom. The summed E-state index contributed by atoms with van der Waals surface area (Å²) < 4.78 is 32.1. The highest BCUT2D eigenvalue weighted by molar-refractivity contribution is 7.89. The Bertz CT molecular complexity index is 660. The maximum Gasteiger partial charge on any atom is 0.241 e. The van der Waals surface area contributed by atoms with E-state index in [-0.39, 0.29) is 23.4 Å². The normalized spacial score (nSPS) is 15.4. The van der Waals surface area contributed by atoms with Crippen molar-refractivity contribution in [3.63, 3.8) is 0 Å². The molecule has 1 atom stereocenters. The van der Waals surface area contributed by atoms with Crippen LogP contribution in [0.5, 0.6) is 0 Å². The van der Waals surface area contributed by atoms with E-state index in [1.54, 1.807) is 26.1 Å². The number of hydrogen-bond donors (Lipinski definition) is 2. The van der Waals surface area contributed by atoms with E-state index in [0.29, 0.717) is 19.8 Å². The summed E-state index contributed by atoms with van der Waals surface area (Å²) in [5.74, 6) is -0.328. The number of benzene rings is 1. The molecule has 0 spiro atoms. The Labute approximate surface area is 130 Å². The second kappa shape index (κ2) is 6.74. The Morgan fingerprint density at radius 2 is 2.09 bits per heavy atom. The van der Waals surface area contributed by atoms with Gasteiger partial charge in [0.1, 0.15) is 0 Å². The predicted molar refractivity (Wildman–Crippen MR) is 81.4 cm³/mol. The van der Waals surface area contributed by atoms with E-state index in [1.165, 1.54) is 11.0 Å². The Balaban J connectivity index is 2.04. The summed E-state index contributed by atoms with van der Waals surface area (Å²) >= 11 is 0. The average molecular weight is 327 g/mol. The average Bonchev–Trinajstić information content (AvgIpc) is 2.98. The quantitative estimate of drug-likeness (QED) is 0.753. The Hall–Kier alpha value is -1.48. The van der Waals surface area contributed by atoms with Crippen LogP contribution in [0.4, 0.5) is 0 Å². The first-order chi connectivity index (χ1) is 10.3. The number of nitrogens with zero attached hydrogens (tertiary/aromatic N) is 1. The van der Waals surface area contributed by atoms with Crippen LogP contribution in [-0.2, 0) is 32.8 Å². The minimum absolute atomic E-state index is 0.138. The zero-order valence-electron chi connectivity index (χ0n) is 12.7. The van der Waals surface area contributed by atoms with Crippen LogP contribution in [0.3, 0.4) is 0 Å². The van der Waals surface area contributed by atoms with Crippen molar-refractivity contribution in [2.75, 3.05) is 20.1 Å². The lowest BCUT2D eigenvalue weighted by atomic mass is 10.1. The minimum Gasteiger partial charge on any atom is -0.372 e. The van der Waals surface area contributed by atoms with E-state index in [1.807, 2.05) is 0 Å². The summed E-state index contributed by atoms with van der Waals surface area (Å²) in [6.45, 7) is 2.74. The van der Waals surface area contributed by atoms with Gasteiger partial charge in [0.05, 0.1) is 24.7 Å². The molecule has 1 aromatic carbocycles. The van der Waals surface area contributed by atoms with Crippen molar-refractivity contribution in [3.8, 4) is 0 Å². The van der Waals surface area contributed by atoms with Crippen LogP contribution >= 0.6 is 0 Å². The molecule has 8 heteroatoms. The SMILES string of the molecule is CC(CN)N(C)C(=O)CNS(=O)(=O)c1ccc2c(c1)COC2. The highest BCUT2D eigenvalue weighted by Crippen LogP contribution is 2.22. The molecule has 0 radical (unpaired) electrons. The van der Waals surface area contributed by atoms with Crippen molar-refractivity contribution in [1.82, 2.24) is 9.62 Å². The Morgan fingerprint density at radius 1 is 1.41 bits per heavy atom. The number of likely N-dealkylation sites (N-methyl/N-ethyl adjacent to an activating group) is 1. The van der Waals surface area contributed by atoms with Crippen molar-refractivity contribution in [1.29, 1.82) is 0 Å². The van der Waals surface area contributed by atoms with Crippen LogP contribution in [0.15, 0.2) is 23.1 Å². The van der Waals surface area contributed by atoms with Gasteiger partial charge in [0.2, 0.25) is 15.9 Å². The smallest absolute Gasteiger partial charge is 0.241 e. The third kappa shape index (κ3) is 3.64. The predicted octanol–water partition coefficient (Wildman–Crippen LogP) is -0.199. The topological polar surface area (TPSA) is 102 Å². The Kier molecular flexibility index (Phi) is 5.17. The van der Waals surface area contributed by atoms with Crippen LogP contribution in [0.1, 0.15) is 18.1 Å². The lowest BCUT2D eigenvalue weighted by Crippen LogP contribution is -2.44. The molecular weight excluding hydrogens is 306 g/mol. The van der Waals surface area contributed by atoms with Crippen molar-refractivity contribution in [2.45, 2.75) is 31.1 Å². The van der Waals surface area contributed by atoms with Crippen LogP contribution in [-0.4, -0.2) is 45.4 Å². The largest absolute Gasteiger partial charge is 0.372 e. The number of hydrogen-bond acceptors (Lipinski definition) is 5. The number of carbonyl (C=O) groups is 1. The van der Waals surface area contributed by atoms with Crippen LogP contribution in [0.25, 0.3) is 0 Å². The molecule has 0 aromatic heterocycles. The summed E-state index contributed by atoms with van der Waals surface area (Å²) in [5.41, 5.74) is 7.35. The second-order valence-electron chi connectivity index (χ2n) is 5.34. The van der Waals surface area contributed by atoms with Gasteiger partial charge in [-0.2, -0.15) is 0 Å². The van der Waals surface area contributed by atoms with Crippen LogP contribution in [0, 0.1) is 0 Å². The number of fused-ring (bicyclic) bond motifs is 1. The third-order valence-corrected chi connectivity index (χ3v) is 5.21. The summed E-state index contributed by atoms with van der Waals surface area (Å²) in [4.78, 5) is 13.5. The first kappa shape index (κ1) is 16.9. The van der Waals surface area contributed by atoms with E-state index in [2.05, 4.69) is 4.72 Å². The number of nitrogens with one attached hydrogen (secondary N) is 1. The molecule has 2 rings (SSSR count). The zero-order chi connectivity index (χ0) is 16.3. The van der Waals surface area contributed by atoms with Crippen molar-refractivity contribution in [3.05, 3.63) is 29.3 Å². The molecule has 1 aromatic rings. The van der Waals surface area contributed by atoms with E-state index in [9.17, 15) is 13.2 Å². The molecule has 0 bridgehead atoms. The molecule has 0 aliphatic carbocycles. The monoisotopic (exact) mass is 327 g/mol. The molecule has 1 aliphatic rings. The fourth-order valence-corrected chi connectivity index (χ4v) is 3.11. The van der Waals surface area contributed by atoms with E-state index >= 15 is 0 Å². The molecule has 1 heterocycles. The van der Waals surface area contributed by atoms with Crippen molar-refractivity contribution < 1.29 is 17.9 Å². The molecule has 0 saturated heterocycles. The van der Waals surface area contributed by atoms with Gasteiger partial charge in [0, 0.05) is 19.6 Å². The van der Waals surface area contributed by atoms with E-state index in [0.717, 1.165) is 11.1 Å². The molecule has 0 saturated carbocycles. The van der Waals surface area contributed by atoms with Crippen LogP contribution in [0.2, 0.25) is 0 Å². The standard InChI is InChI=1S/C14H21N3O4S/c1-10(6-15)17(2)14(18)7-16-22(19,20)13-4-3-11-8-21-9-12(11)5-13/h3-5,10,16H,6-9,15H2,1-2H3. The number of rotatable bonds is 6. The van der Waals surface area contributed by atoms with Gasteiger partial charge < -0.3 is 15.4 Å². The summed E-state index contributed by atoms with van der Waals surface area (Å²) in [7, 11) is -2.13. The van der Waals surface area contributed by atoms with Gasteiger partial charge in [-0.1, -0.05) is 6.07 Å². The van der Waals surface area contributed by atoms with Gasteiger partial charge in [-0.3, -0.25) is 4.79 Å². The maximum atomic E-state index is 12.3. The van der Waals surface area contributed by atoms with Gasteiger partial charge in [-0.25, -0.2) is 13.1 Å². The lowest BCUT2D eigenvalue weighted by molar-refractivity contribution is -0.130. The first-order valence-electron chi connectivity index (χ1n) is 7.00. The van der Waals surface area contributed by atoms with Gasteiger partial charge in [-0.15, -0.1) is 0 Å². The molecule has 7 nitrogen and oxygen atoms in total. The number of sulfonamides is 1. The second-order valence-corrected chi connectivity index (χ2v) is 7.10. The van der Waals surface area contributed by atoms with Crippen molar-refractivity contribution in [2.24, 2.45) is 5.73 Å². The number of carbonyl (C=O) groups excluding carboxylic acids is 1. The zero-order valence-corrected chi connectivity index (χ0v) is 13.5. The highest BCUT2D eigenvalue weighted by Gasteiger charge is 2.21. The molecule has 22 heavy (non-hydrogen) atoms. The maximum absolute atomic E-state index is 12.3. The van der Waals surface area contributed by atoms with Crippen molar-refractivity contribution >= 4 is 15.9 Å². The molecule has 0 fully saturated rings. The molecular formula is C14H21N3O4S. The third-order valence-electron chi connectivity index (χ3n) is 3.81. The number of nitrogens with two attached hydrogens (primary N) is 1. The molecule has 1 aliphatic heterocycles. The molecule has 122 valence electrons. The fourth-order valence-electron chi connectivity index (χ4n) is 2.08. The minimum atomic E-state index is -3.73. The van der Waals surface area contributed by atoms with Gasteiger partial charge in [-0.05, 0) is 30.2 Å². The molecule has 1 amide bonds.